The van der Waals surface area contributed by atoms with E-state index >= 15 is 0 Å². The summed E-state index contributed by atoms with van der Waals surface area (Å²) in [5.41, 5.74) is 1.97. The number of nitriles is 1. The van der Waals surface area contributed by atoms with Gasteiger partial charge < -0.3 is 14.2 Å². The molecule has 0 aromatic heterocycles. The van der Waals surface area contributed by atoms with Crippen molar-refractivity contribution in [1.82, 2.24) is 0 Å². The average Bonchev–Trinajstić information content (AvgIpc) is 2.81. The van der Waals surface area contributed by atoms with Gasteiger partial charge in [-0.15, -0.1) is 0 Å². The Morgan fingerprint density at radius 2 is 1.84 bits per heavy atom. The second-order valence-corrected chi connectivity index (χ2v) is 7.83. The van der Waals surface area contributed by atoms with E-state index in [1.165, 1.54) is 32.1 Å². The summed E-state index contributed by atoms with van der Waals surface area (Å²) in [5.74, 6) is 2.10. The Kier molecular flexibility index (Phi) is 8.12. The third-order valence-electron chi connectivity index (χ3n) is 5.70. The number of ether oxygens (including phenoxy) is 3. The van der Waals surface area contributed by atoms with Crippen LogP contribution in [0.3, 0.4) is 0 Å². The Labute approximate surface area is 184 Å². The lowest BCUT2D eigenvalue weighted by atomic mass is 9.86. The topological polar surface area (TPSA) is 68.5 Å². The van der Waals surface area contributed by atoms with Crippen molar-refractivity contribution in [2.75, 3.05) is 14.2 Å². The minimum absolute atomic E-state index is 0.202. The van der Waals surface area contributed by atoms with Crippen LogP contribution in [0, 0.1) is 17.2 Å². The monoisotopic (exact) mass is 419 g/mol. The number of rotatable bonds is 8. The molecule has 1 aliphatic carbocycles. The summed E-state index contributed by atoms with van der Waals surface area (Å²) >= 11 is 0. The summed E-state index contributed by atoms with van der Waals surface area (Å²) in [5, 5.41) is 9.66. The molecule has 0 unspecified atom stereocenters. The van der Waals surface area contributed by atoms with Gasteiger partial charge in [-0.05, 0) is 59.9 Å². The van der Waals surface area contributed by atoms with Crippen LogP contribution >= 0.6 is 0 Å². The van der Waals surface area contributed by atoms with Gasteiger partial charge >= 0.3 is 5.97 Å². The van der Waals surface area contributed by atoms with Crippen LogP contribution in [0.1, 0.15) is 56.1 Å². The van der Waals surface area contributed by atoms with E-state index in [1.807, 2.05) is 18.2 Å². The standard InChI is InChI=1S/C26H29NO4/c1-29-24-13-12-21(17-25(24)30-2)22(18-27)15-20-9-6-10-23(16-20)31-26(28)14-11-19-7-4-3-5-8-19/h6,9-10,12-13,15-17,19H,3-5,7-8,11,14H2,1-2H3/b22-15-. The van der Waals surface area contributed by atoms with E-state index in [4.69, 9.17) is 14.2 Å². The molecule has 0 N–H and O–H groups in total. The zero-order valence-electron chi connectivity index (χ0n) is 18.2. The average molecular weight is 420 g/mol. The highest BCUT2D eigenvalue weighted by Gasteiger charge is 2.16. The van der Waals surface area contributed by atoms with Crippen molar-refractivity contribution >= 4 is 17.6 Å². The predicted octanol–water partition coefficient (Wildman–Crippen LogP) is 6.03. The van der Waals surface area contributed by atoms with Crippen LogP contribution in [0.15, 0.2) is 42.5 Å². The molecule has 5 nitrogen and oxygen atoms in total. The summed E-state index contributed by atoms with van der Waals surface area (Å²) in [6.07, 6.45) is 9.41. The third kappa shape index (κ3) is 6.36. The molecule has 0 amide bonds. The quantitative estimate of drug-likeness (QED) is 0.226. The number of esters is 1. The van der Waals surface area contributed by atoms with Gasteiger partial charge in [0, 0.05) is 6.42 Å². The Hall–Kier alpha value is -3.26. The van der Waals surface area contributed by atoms with Crippen molar-refractivity contribution in [3.63, 3.8) is 0 Å². The summed E-state index contributed by atoms with van der Waals surface area (Å²) in [7, 11) is 3.13. The molecule has 0 atom stereocenters. The van der Waals surface area contributed by atoms with Crippen LogP contribution in [0.2, 0.25) is 0 Å². The van der Waals surface area contributed by atoms with Crippen LogP contribution < -0.4 is 14.2 Å². The van der Waals surface area contributed by atoms with E-state index in [1.54, 1.807) is 44.6 Å². The van der Waals surface area contributed by atoms with Crippen molar-refractivity contribution in [3.8, 4) is 23.3 Å². The molecule has 1 fully saturated rings. The number of nitrogens with zero attached hydrogens (tertiary/aromatic N) is 1. The number of methoxy groups -OCH3 is 2. The first-order valence-corrected chi connectivity index (χ1v) is 10.8. The lowest BCUT2D eigenvalue weighted by molar-refractivity contribution is -0.134. The van der Waals surface area contributed by atoms with Gasteiger partial charge in [0.25, 0.3) is 0 Å². The SMILES string of the molecule is COc1ccc(/C(C#N)=C\c2cccc(OC(=O)CCC3CCCCC3)c2)cc1OC. The van der Waals surface area contributed by atoms with Gasteiger partial charge in [0.2, 0.25) is 0 Å². The molecule has 162 valence electrons. The molecule has 0 spiro atoms. The van der Waals surface area contributed by atoms with Crippen molar-refractivity contribution in [3.05, 3.63) is 53.6 Å². The Morgan fingerprint density at radius 3 is 2.55 bits per heavy atom. The van der Waals surface area contributed by atoms with Crippen molar-refractivity contribution in [2.45, 2.75) is 44.9 Å². The van der Waals surface area contributed by atoms with Crippen LogP contribution in [-0.4, -0.2) is 20.2 Å². The number of hydrogen-bond donors (Lipinski definition) is 0. The fourth-order valence-electron chi connectivity index (χ4n) is 4.00. The lowest BCUT2D eigenvalue weighted by Gasteiger charge is -2.20. The second kappa shape index (κ2) is 11.2. The van der Waals surface area contributed by atoms with Crippen LogP contribution in [0.5, 0.6) is 17.2 Å². The molecule has 0 aliphatic heterocycles. The first-order chi connectivity index (χ1) is 15.1. The van der Waals surface area contributed by atoms with E-state index in [0.717, 1.165) is 17.5 Å². The summed E-state index contributed by atoms with van der Waals surface area (Å²) in [6, 6.07) is 14.8. The van der Waals surface area contributed by atoms with Crippen molar-refractivity contribution in [2.24, 2.45) is 5.92 Å². The zero-order chi connectivity index (χ0) is 22.1. The van der Waals surface area contributed by atoms with E-state index in [2.05, 4.69) is 6.07 Å². The number of benzene rings is 2. The highest BCUT2D eigenvalue weighted by molar-refractivity contribution is 5.90. The molecule has 2 aromatic carbocycles. The van der Waals surface area contributed by atoms with Gasteiger partial charge in [0.1, 0.15) is 5.75 Å². The van der Waals surface area contributed by atoms with Gasteiger partial charge in [-0.1, -0.05) is 44.2 Å². The van der Waals surface area contributed by atoms with E-state index in [0.29, 0.717) is 35.2 Å². The van der Waals surface area contributed by atoms with Gasteiger partial charge in [0.15, 0.2) is 11.5 Å². The highest BCUT2D eigenvalue weighted by Crippen LogP contribution is 2.31. The fourth-order valence-corrected chi connectivity index (χ4v) is 4.00. The number of hydrogen-bond acceptors (Lipinski definition) is 5. The van der Waals surface area contributed by atoms with Crippen LogP contribution in [-0.2, 0) is 4.79 Å². The summed E-state index contributed by atoms with van der Waals surface area (Å²) in [4.78, 5) is 12.3. The predicted molar refractivity (Wildman–Crippen MR) is 121 cm³/mol. The molecule has 0 radical (unpaired) electrons. The molecule has 0 bridgehead atoms. The van der Waals surface area contributed by atoms with Crippen LogP contribution in [0.4, 0.5) is 0 Å². The number of allylic oxidation sites excluding steroid dienone is 1. The smallest absolute Gasteiger partial charge is 0.311 e. The maximum atomic E-state index is 12.3. The number of carbonyl (C=O) groups is 1. The molecule has 1 saturated carbocycles. The van der Waals surface area contributed by atoms with Gasteiger partial charge in [-0.2, -0.15) is 5.26 Å². The first kappa shape index (κ1) is 22.4. The van der Waals surface area contributed by atoms with E-state index < -0.39 is 0 Å². The summed E-state index contributed by atoms with van der Waals surface area (Å²) in [6.45, 7) is 0. The zero-order valence-corrected chi connectivity index (χ0v) is 18.2. The largest absolute Gasteiger partial charge is 0.493 e. The minimum Gasteiger partial charge on any atom is -0.493 e. The van der Waals surface area contributed by atoms with E-state index in [9.17, 15) is 10.1 Å². The molecule has 1 aliphatic rings. The van der Waals surface area contributed by atoms with Gasteiger partial charge in [-0.25, -0.2) is 0 Å². The molecule has 31 heavy (non-hydrogen) atoms. The Morgan fingerprint density at radius 1 is 1.06 bits per heavy atom. The molecule has 3 rings (SSSR count). The summed E-state index contributed by atoms with van der Waals surface area (Å²) < 4.78 is 16.1. The van der Waals surface area contributed by atoms with Crippen molar-refractivity contribution in [1.29, 1.82) is 5.26 Å². The molecular weight excluding hydrogens is 390 g/mol. The fraction of sp³-hybridized carbons (Fsp3) is 0.385. The number of carbonyl (C=O) groups excluding carboxylic acids is 1. The Bertz CT molecular complexity index is 968. The maximum absolute atomic E-state index is 12.3. The van der Waals surface area contributed by atoms with Crippen LogP contribution in [0.25, 0.3) is 11.6 Å². The molecule has 5 heteroatoms. The minimum atomic E-state index is -0.202. The molecular formula is C26H29NO4. The molecule has 0 saturated heterocycles. The molecule has 0 heterocycles. The van der Waals surface area contributed by atoms with Crippen molar-refractivity contribution < 1.29 is 19.0 Å². The normalized spacial score (nSPS) is 14.5. The Balaban J connectivity index is 1.68. The maximum Gasteiger partial charge on any atom is 0.311 e. The highest BCUT2D eigenvalue weighted by atomic mass is 16.5. The lowest BCUT2D eigenvalue weighted by Crippen LogP contribution is -2.12. The second-order valence-electron chi connectivity index (χ2n) is 7.83. The molecule has 2 aromatic rings. The first-order valence-electron chi connectivity index (χ1n) is 10.8. The van der Waals surface area contributed by atoms with Gasteiger partial charge in [-0.3, -0.25) is 4.79 Å². The van der Waals surface area contributed by atoms with E-state index in [-0.39, 0.29) is 5.97 Å². The third-order valence-corrected chi connectivity index (χ3v) is 5.70. The van der Waals surface area contributed by atoms with Gasteiger partial charge in [0.05, 0.1) is 25.9 Å².